The Kier molecular flexibility index (Phi) is 3.56. The summed E-state index contributed by atoms with van der Waals surface area (Å²) in [6, 6.07) is 0.510. The predicted molar refractivity (Wildman–Crippen MR) is 63.8 cm³/mol. The summed E-state index contributed by atoms with van der Waals surface area (Å²) in [6.45, 7) is 5.38. The normalized spacial score (nSPS) is 38.9. The first-order valence-electron chi connectivity index (χ1n) is 6.28. The molecule has 0 amide bonds. The molecule has 1 unspecified atom stereocenters. The SMILES string of the molecule is CC[C@H]1C[NH+]2CC[C@H]1C[C@@H]2CNS(C)(=O)=O. The van der Waals surface area contributed by atoms with Crippen LogP contribution in [0.5, 0.6) is 0 Å². The number of quaternary nitrogens is 1. The summed E-state index contributed by atoms with van der Waals surface area (Å²) in [5.74, 6) is 1.71. The minimum Gasteiger partial charge on any atom is -0.331 e. The van der Waals surface area contributed by atoms with Crippen LogP contribution in [0.2, 0.25) is 0 Å². The van der Waals surface area contributed by atoms with Crippen LogP contribution in [0.3, 0.4) is 0 Å². The maximum atomic E-state index is 11.1. The van der Waals surface area contributed by atoms with Gasteiger partial charge in [-0.1, -0.05) is 6.92 Å². The summed E-state index contributed by atoms with van der Waals surface area (Å²) >= 11 is 0. The fraction of sp³-hybridized carbons (Fsp3) is 1.00. The molecule has 3 rings (SSSR count). The summed E-state index contributed by atoms with van der Waals surface area (Å²) in [5, 5.41) is 0. The Hall–Kier alpha value is -0.130. The average Bonchev–Trinajstić information content (AvgIpc) is 2.26. The molecule has 0 aromatic rings. The van der Waals surface area contributed by atoms with E-state index in [9.17, 15) is 8.42 Å². The van der Waals surface area contributed by atoms with E-state index in [0.29, 0.717) is 12.6 Å². The number of hydrogen-bond acceptors (Lipinski definition) is 2. The van der Waals surface area contributed by atoms with E-state index in [-0.39, 0.29) is 0 Å². The largest absolute Gasteiger partial charge is 0.331 e. The molecule has 3 fully saturated rings. The number of sulfonamides is 1. The van der Waals surface area contributed by atoms with Crippen LogP contribution in [-0.2, 0) is 10.0 Å². The van der Waals surface area contributed by atoms with Crippen molar-refractivity contribution in [3.63, 3.8) is 0 Å². The Morgan fingerprint density at radius 2 is 2.19 bits per heavy atom. The molecule has 0 radical (unpaired) electrons. The van der Waals surface area contributed by atoms with E-state index in [1.807, 2.05) is 0 Å². The maximum absolute atomic E-state index is 11.1. The first-order valence-corrected chi connectivity index (χ1v) is 8.18. The van der Waals surface area contributed by atoms with Crippen molar-refractivity contribution in [3.8, 4) is 0 Å². The van der Waals surface area contributed by atoms with E-state index in [4.69, 9.17) is 0 Å². The molecule has 3 aliphatic rings. The number of hydrogen-bond donors (Lipinski definition) is 2. The molecule has 4 nitrogen and oxygen atoms in total. The van der Waals surface area contributed by atoms with Gasteiger partial charge in [0.25, 0.3) is 0 Å². The lowest BCUT2D eigenvalue weighted by atomic mass is 9.74. The molecule has 5 heteroatoms. The molecule has 4 atom stereocenters. The molecular weight excluding hydrogens is 224 g/mol. The van der Waals surface area contributed by atoms with Crippen LogP contribution >= 0.6 is 0 Å². The number of fused-ring (bicyclic) bond motifs is 3. The first-order chi connectivity index (χ1) is 7.49. The van der Waals surface area contributed by atoms with Crippen LogP contribution in [0.4, 0.5) is 0 Å². The van der Waals surface area contributed by atoms with Gasteiger partial charge in [-0.3, -0.25) is 0 Å². The molecule has 0 saturated carbocycles. The van der Waals surface area contributed by atoms with Crippen molar-refractivity contribution in [2.75, 3.05) is 25.9 Å². The van der Waals surface area contributed by atoms with Gasteiger partial charge in [0.2, 0.25) is 10.0 Å². The van der Waals surface area contributed by atoms with E-state index in [0.717, 1.165) is 11.8 Å². The van der Waals surface area contributed by atoms with Crippen molar-refractivity contribution in [3.05, 3.63) is 0 Å². The fourth-order valence-corrected chi connectivity index (χ4v) is 3.89. The van der Waals surface area contributed by atoms with Gasteiger partial charge < -0.3 is 4.90 Å². The Balaban J connectivity index is 1.90. The van der Waals surface area contributed by atoms with Gasteiger partial charge in [-0.05, 0) is 12.3 Å². The zero-order valence-corrected chi connectivity index (χ0v) is 11.0. The van der Waals surface area contributed by atoms with Gasteiger partial charge >= 0.3 is 0 Å². The molecule has 94 valence electrons. The van der Waals surface area contributed by atoms with E-state index in [1.54, 1.807) is 4.90 Å². The quantitative estimate of drug-likeness (QED) is 0.686. The van der Waals surface area contributed by atoms with Gasteiger partial charge in [-0.2, -0.15) is 0 Å². The highest BCUT2D eigenvalue weighted by Crippen LogP contribution is 2.28. The van der Waals surface area contributed by atoms with Crippen molar-refractivity contribution in [2.24, 2.45) is 11.8 Å². The van der Waals surface area contributed by atoms with Crippen molar-refractivity contribution in [1.82, 2.24) is 4.72 Å². The second kappa shape index (κ2) is 4.63. The molecule has 3 saturated heterocycles. The number of nitrogens with one attached hydrogen (secondary N) is 2. The summed E-state index contributed by atoms with van der Waals surface area (Å²) in [5.41, 5.74) is 0. The fourth-order valence-electron chi connectivity index (χ4n) is 3.38. The van der Waals surface area contributed by atoms with Crippen molar-refractivity contribution < 1.29 is 13.3 Å². The third kappa shape index (κ3) is 2.76. The smallest absolute Gasteiger partial charge is 0.208 e. The van der Waals surface area contributed by atoms with Crippen LogP contribution in [0, 0.1) is 11.8 Å². The second-order valence-electron chi connectivity index (χ2n) is 5.38. The zero-order valence-electron chi connectivity index (χ0n) is 10.2. The summed E-state index contributed by atoms with van der Waals surface area (Å²) in [4.78, 5) is 1.62. The van der Waals surface area contributed by atoms with Crippen molar-refractivity contribution in [2.45, 2.75) is 32.2 Å². The lowest BCUT2D eigenvalue weighted by Gasteiger charge is -2.46. The van der Waals surface area contributed by atoms with E-state index in [1.165, 1.54) is 38.6 Å². The molecule has 2 bridgehead atoms. The highest BCUT2D eigenvalue weighted by molar-refractivity contribution is 7.88. The monoisotopic (exact) mass is 247 g/mol. The highest BCUT2D eigenvalue weighted by atomic mass is 32.2. The summed E-state index contributed by atoms with van der Waals surface area (Å²) < 4.78 is 24.8. The Morgan fingerprint density at radius 3 is 2.69 bits per heavy atom. The molecule has 3 aliphatic heterocycles. The highest BCUT2D eigenvalue weighted by Gasteiger charge is 2.42. The molecule has 0 aromatic heterocycles. The van der Waals surface area contributed by atoms with Crippen molar-refractivity contribution >= 4 is 10.0 Å². The van der Waals surface area contributed by atoms with Gasteiger partial charge in [-0.15, -0.1) is 0 Å². The van der Waals surface area contributed by atoms with Gasteiger partial charge in [0.15, 0.2) is 0 Å². The topological polar surface area (TPSA) is 50.6 Å². The van der Waals surface area contributed by atoms with Crippen molar-refractivity contribution in [1.29, 1.82) is 0 Å². The lowest BCUT2D eigenvalue weighted by Crippen LogP contribution is -3.20. The first kappa shape index (κ1) is 12.3. The lowest BCUT2D eigenvalue weighted by molar-refractivity contribution is -0.945. The Bertz CT molecular complexity index is 342. The molecule has 0 aliphatic carbocycles. The Labute approximate surface area is 98.4 Å². The Morgan fingerprint density at radius 1 is 1.44 bits per heavy atom. The van der Waals surface area contributed by atoms with Gasteiger partial charge in [-0.25, -0.2) is 13.1 Å². The predicted octanol–water partition coefficient (Wildman–Crippen LogP) is -0.761. The van der Waals surface area contributed by atoms with Crippen LogP contribution in [0.25, 0.3) is 0 Å². The van der Waals surface area contributed by atoms with E-state index in [2.05, 4.69) is 11.6 Å². The van der Waals surface area contributed by atoms with Gasteiger partial charge in [0.1, 0.15) is 6.04 Å². The van der Waals surface area contributed by atoms with Crippen LogP contribution in [0.15, 0.2) is 0 Å². The number of rotatable bonds is 4. The van der Waals surface area contributed by atoms with Gasteiger partial charge in [0.05, 0.1) is 25.9 Å². The zero-order chi connectivity index (χ0) is 11.8. The number of piperidine rings is 3. The maximum Gasteiger partial charge on any atom is 0.208 e. The minimum atomic E-state index is -3.02. The summed E-state index contributed by atoms with van der Waals surface area (Å²) in [7, 11) is -3.02. The molecule has 3 heterocycles. The van der Waals surface area contributed by atoms with Crippen LogP contribution in [-0.4, -0.2) is 40.3 Å². The van der Waals surface area contributed by atoms with E-state index < -0.39 is 10.0 Å². The van der Waals surface area contributed by atoms with Crippen LogP contribution < -0.4 is 9.62 Å². The second-order valence-corrected chi connectivity index (χ2v) is 7.22. The van der Waals surface area contributed by atoms with Crippen LogP contribution in [0.1, 0.15) is 26.2 Å². The average molecular weight is 247 g/mol. The molecular formula is C11H23N2O2S+. The molecule has 16 heavy (non-hydrogen) atoms. The third-order valence-electron chi connectivity index (χ3n) is 4.31. The minimum absolute atomic E-state index is 0.510. The molecule has 0 aromatic carbocycles. The molecule has 0 spiro atoms. The van der Waals surface area contributed by atoms with E-state index >= 15 is 0 Å². The summed E-state index contributed by atoms with van der Waals surface area (Å²) in [6.07, 6.45) is 5.06. The van der Waals surface area contributed by atoms with Gasteiger partial charge in [0, 0.05) is 18.8 Å². The third-order valence-corrected chi connectivity index (χ3v) is 5.00. The molecule has 2 N–H and O–H groups in total. The standard InChI is InChI=1S/C11H22N2O2S/c1-3-9-8-13-5-4-10(9)6-11(13)7-12-16(2,14)15/h9-12H,3-8H2,1-2H3/p+1/t9-,10-,11+/m0/s1.